The Kier molecular flexibility index (Phi) is 4.09. The van der Waals surface area contributed by atoms with E-state index >= 15 is 0 Å². The summed E-state index contributed by atoms with van der Waals surface area (Å²) in [6, 6.07) is 10.5. The number of aromatic nitrogens is 3. The normalized spacial score (nSPS) is 18.9. The average molecular weight is 375 g/mol. The standard InChI is InChI=1S/C20H17N5O3/c1-24-11-9-20(28,19(24)27)8-7-13-4-2-5-14(12-13)18-23-16(17(21)26)15-6-3-10-22-25(15)18/h2-6,10,12,28H,9,11H2,1H3,(H2,21,26)/t20-/m0/s1. The number of nitrogens with two attached hydrogens (primary N) is 1. The summed E-state index contributed by atoms with van der Waals surface area (Å²) in [4.78, 5) is 29.6. The first-order chi connectivity index (χ1) is 13.4. The maximum absolute atomic E-state index is 12.1. The molecule has 140 valence electrons. The molecule has 4 rings (SSSR count). The smallest absolute Gasteiger partial charge is 0.269 e. The summed E-state index contributed by atoms with van der Waals surface area (Å²) in [5.41, 5.74) is 5.68. The van der Waals surface area contributed by atoms with Crippen LogP contribution in [0.5, 0.6) is 0 Å². The zero-order valence-electron chi connectivity index (χ0n) is 15.1. The van der Waals surface area contributed by atoms with E-state index in [1.807, 2.05) is 6.07 Å². The number of imidazole rings is 1. The number of fused-ring (bicyclic) bond motifs is 1. The molecule has 0 unspecified atom stereocenters. The van der Waals surface area contributed by atoms with Crippen molar-refractivity contribution >= 4 is 17.3 Å². The zero-order valence-corrected chi connectivity index (χ0v) is 15.1. The molecule has 0 saturated carbocycles. The van der Waals surface area contributed by atoms with Gasteiger partial charge in [-0.25, -0.2) is 9.50 Å². The van der Waals surface area contributed by atoms with Crippen molar-refractivity contribution < 1.29 is 14.7 Å². The number of hydrogen-bond acceptors (Lipinski definition) is 5. The summed E-state index contributed by atoms with van der Waals surface area (Å²) in [5, 5.41) is 14.7. The van der Waals surface area contributed by atoms with Gasteiger partial charge < -0.3 is 15.7 Å². The SMILES string of the molecule is CN1CC[C@@](O)(C#Cc2cccc(-c3nc(C(N)=O)c4cccnn34)c2)C1=O. The van der Waals surface area contributed by atoms with Crippen molar-refractivity contribution in [2.45, 2.75) is 12.0 Å². The van der Waals surface area contributed by atoms with Crippen LogP contribution in [0.25, 0.3) is 16.9 Å². The highest BCUT2D eigenvalue weighted by molar-refractivity contribution is 5.98. The van der Waals surface area contributed by atoms with E-state index < -0.39 is 17.4 Å². The summed E-state index contributed by atoms with van der Waals surface area (Å²) in [6.07, 6.45) is 1.86. The van der Waals surface area contributed by atoms with Crippen molar-refractivity contribution in [2.24, 2.45) is 5.73 Å². The highest BCUT2D eigenvalue weighted by atomic mass is 16.3. The Labute approximate surface area is 160 Å². The molecule has 8 heteroatoms. The third kappa shape index (κ3) is 2.88. The lowest BCUT2D eigenvalue weighted by Crippen LogP contribution is -2.37. The van der Waals surface area contributed by atoms with Crippen molar-refractivity contribution in [1.29, 1.82) is 0 Å². The van der Waals surface area contributed by atoms with Gasteiger partial charge in [-0.1, -0.05) is 24.0 Å². The predicted molar refractivity (Wildman–Crippen MR) is 101 cm³/mol. The number of likely N-dealkylation sites (N-methyl/N-ethyl adjacent to an activating group) is 1. The Morgan fingerprint density at radius 1 is 1.32 bits per heavy atom. The highest BCUT2D eigenvalue weighted by Gasteiger charge is 2.42. The minimum absolute atomic E-state index is 0.133. The zero-order chi connectivity index (χ0) is 19.9. The summed E-state index contributed by atoms with van der Waals surface area (Å²) in [7, 11) is 1.63. The van der Waals surface area contributed by atoms with Crippen molar-refractivity contribution in [2.75, 3.05) is 13.6 Å². The van der Waals surface area contributed by atoms with E-state index in [-0.39, 0.29) is 12.1 Å². The number of carbonyl (C=O) groups is 2. The minimum Gasteiger partial charge on any atom is -0.369 e. The van der Waals surface area contributed by atoms with E-state index in [2.05, 4.69) is 21.9 Å². The molecule has 0 aliphatic carbocycles. The van der Waals surface area contributed by atoms with Gasteiger partial charge in [-0.15, -0.1) is 0 Å². The molecule has 3 N–H and O–H groups in total. The van der Waals surface area contributed by atoms with Crippen LogP contribution in [0.15, 0.2) is 42.6 Å². The third-order valence-corrected chi connectivity index (χ3v) is 4.69. The molecular formula is C20H17N5O3. The molecule has 8 nitrogen and oxygen atoms in total. The molecule has 1 saturated heterocycles. The van der Waals surface area contributed by atoms with Gasteiger partial charge in [-0.3, -0.25) is 9.59 Å². The van der Waals surface area contributed by atoms with Crippen LogP contribution in [0.4, 0.5) is 0 Å². The minimum atomic E-state index is -1.66. The first-order valence-electron chi connectivity index (χ1n) is 8.64. The van der Waals surface area contributed by atoms with Crippen LogP contribution in [0.2, 0.25) is 0 Å². The summed E-state index contributed by atoms with van der Waals surface area (Å²) in [6.45, 7) is 0.464. The molecule has 2 amide bonds. The highest BCUT2D eigenvalue weighted by Crippen LogP contribution is 2.24. The number of carbonyl (C=O) groups excluding carboxylic acids is 2. The van der Waals surface area contributed by atoms with Gasteiger partial charge in [-0.05, 0) is 24.3 Å². The lowest BCUT2D eigenvalue weighted by molar-refractivity contribution is -0.137. The fraction of sp³-hybridized carbons (Fsp3) is 0.200. The van der Waals surface area contributed by atoms with Gasteiger partial charge in [0.05, 0.1) is 5.52 Å². The quantitative estimate of drug-likeness (QED) is 0.631. The van der Waals surface area contributed by atoms with Crippen molar-refractivity contribution in [3.05, 3.63) is 53.9 Å². The molecule has 1 atom stereocenters. The largest absolute Gasteiger partial charge is 0.369 e. The Balaban J connectivity index is 1.76. The van der Waals surface area contributed by atoms with Crippen LogP contribution in [-0.4, -0.2) is 55.6 Å². The van der Waals surface area contributed by atoms with Gasteiger partial charge in [0, 0.05) is 37.3 Å². The molecule has 1 aliphatic rings. The van der Waals surface area contributed by atoms with Gasteiger partial charge in [0.25, 0.3) is 11.8 Å². The molecule has 28 heavy (non-hydrogen) atoms. The summed E-state index contributed by atoms with van der Waals surface area (Å²) < 4.78 is 1.54. The average Bonchev–Trinajstić information content (AvgIpc) is 3.21. The second-order valence-corrected chi connectivity index (χ2v) is 6.64. The molecule has 0 radical (unpaired) electrons. The maximum Gasteiger partial charge on any atom is 0.269 e. The van der Waals surface area contributed by atoms with E-state index in [4.69, 9.17) is 5.73 Å². The van der Waals surface area contributed by atoms with Gasteiger partial charge >= 0.3 is 0 Å². The number of primary amides is 1. The Morgan fingerprint density at radius 2 is 2.14 bits per heavy atom. The Bertz CT molecular complexity index is 1170. The molecule has 0 spiro atoms. The van der Waals surface area contributed by atoms with Crippen molar-refractivity contribution in [3.63, 3.8) is 0 Å². The lowest BCUT2D eigenvalue weighted by Gasteiger charge is -2.13. The fourth-order valence-electron chi connectivity index (χ4n) is 3.18. The molecule has 3 aromatic rings. The molecule has 3 heterocycles. The second kappa shape index (κ2) is 6.48. The Morgan fingerprint density at radius 3 is 2.86 bits per heavy atom. The molecule has 0 bridgehead atoms. The molecule has 2 aromatic heterocycles. The molecule has 1 aromatic carbocycles. The Hall–Kier alpha value is -3.70. The first kappa shape index (κ1) is 17.7. The van der Waals surface area contributed by atoms with E-state index in [9.17, 15) is 14.7 Å². The van der Waals surface area contributed by atoms with Crippen LogP contribution in [0.1, 0.15) is 22.5 Å². The molecular weight excluding hydrogens is 358 g/mol. The number of likely N-dealkylation sites (tertiary alicyclic amines) is 1. The third-order valence-electron chi connectivity index (χ3n) is 4.69. The second-order valence-electron chi connectivity index (χ2n) is 6.64. The number of hydrogen-bond donors (Lipinski definition) is 2. The summed E-state index contributed by atoms with van der Waals surface area (Å²) >= 11 is 0. The predicted octanol–water partition coefficient (Wildman–Crippen LogP) is 0.440. The van der Waals surface area contributed by atoms with E-state index in [0.29, 0.717) is 29.0 Å². The number of aliphatic hydroxyl groups is 1. The van der Waals surface area contributed by atoms with Gasteiger partial charge in [0.1, 0.15) is 0 Å². The topological polar surface area (TPSA) is 114 Å². The fourth-order valence-corrected chi connectivity index (χ4v) is 3.18. The molecule has 1 fully saturated rings. The molecule has 1 aliphatic heterocycles. The maximum atomic E-state index is 12.1. The number of rotatable bonds is 2. The van der Waals surface area contributed by atoms with Crippen LogP contribution in [0, 0.1) is 11.8 Å². The van der Waals surface area contributed by atoms with Crippen molar-refractivity contribution in [1.82, 2.24) is 19.5 Å². The monoisotopic (exact) mass is 375 g/mol. The number of nitrogens with zero attached hydrogens (tertiary/aromatic N) is 4. The van der Waals surface area contributed by atoms with Crippen LogP contribution in [0.3, 0.4) is 0 Å². The van der Waals surface area contributed by atoms with Gasteiger partial charge in [0.2, 0.25) is 5.60 Å². The summed E-state index contributed by atoms with van der Waals surface area (Å²) in [5.74, 6) is 4.97. The number of amides is 2. The van der Waals surface area contributed by atoms with E-state index in [1.54, 1.807) is 43.6 Å². The van der Waals surface area contributed by atoms with Crippen molar-refractivity contribution in [3.8, 4) is 23.2 Å². The van der Waals surface area contributed by atoms with Crippen LogP contribution >= 0.6 is 0 Å². The van der Waals surface area contributed by atoms with Gasteiger partial charge in [-0.2, -0.15) is 5.10 Å². The number of benzene rings is 1. The van der Waals surface area contributed by atoms with Crippen LogP contribution in [-0.2, 0) is 4.79 Å². The van der Waals surface area contributed by atoms with Crippen LogP contribution < -0.4 is 5.73 Å². The first-order valence-corrected chi connectivity index (χ1v) is 8.64. The van der Waals surface area contributed by atoms with E-state index in [1.165, 1.54) is 9.42 Å². The lowest BCUT2D eigenvalue weighted by atomic mass is 10.0. The van der Waals surface area contributed by atoms with Gasteiger partial charge in [0.15, 0.2) is 11.5 Å². The van der Waals surface area contributed by atoms with E-state index in [0.717, 1.165) is 0 Å².